The summed E-state index contributed by atoms with van der Waals surface area (Å²) < 4.78 is 2.19. The van der Waals surface area contributed by atoms with Gasteiger partial charge in [0.25, 0.3) is 5.56 Å². The summed E-state index contributed by atoms with van der Waals surface area (Å²) >= 11 is 1.75. The van der Waals surface area contributed by atoms with E-state index in [4.69, 9.17) is 0 Å². The van der Waals surface area contributed by atoms with Gasteiger partial charge in [0.1, 0.15) is 0 Å². The van der Waals surface area contributed by atoms with Crippen LogP contribution < -0.4 is 5.56 Å². The maximum atomic E-state index is 11.5. The van der Waals surface area contributed by atoms with Crippen LogP contribution in [-0.2, 0) is 0 Å². The smallest absolute Gasteiger partial charge is 0.273 e. The topological polar surface area (TPSA) is 38.1 Å². The number of nitrogens with zero attached hydrogens (tertiary/aromatic N) is 3. The van der Waals surface area contributed by atoms with E-state index < -0.39 is 0 Å². The van der Waals surface area contributed by atoms with Crippen molar-refractivity contribution in [2.24, 2.45) is 0 Å². The van der Waals surface area contributed by atoms with Crippen LogP contribution in [0.1, 0.15) is 44.6 Å². The van der Waals surface area contributed by atoms with Crippen molar-refractivity contribution in [2.75, 3.05) is 19.3 Å². The molecule has 2 heterocycles. The number of hydrogen-bond acceptors (Lipinski definition) is 4. The Hall–Kier alpha value is -0.810. The zero-order valence-corrected chi connectivity index (χ0v) is 12.9. The highest BCUT2D eigenvalue weighted by Gasteiger charge is 2.25. The second-order valence-corrected chi connectivity index (χ2v) is 7.02. The number of hydrogen-bond donors (Lipinski definition) is 0. The average molecular weight is 293 g/mol. The minimum atomic E-state index is -0.112. The number of piperidine rings is 1. The van der Waals surface area contributed by atoms with Crippen LogP contribution in [0.5, 0.6) is 0 Å². The van der Waals surface area contributed by atoms with E-state index in [0.717, 1.165) is 10.9 Å². The molecule has 1 atom stereocenters. The number of likely N-dealkylation sites (tertiary alicyclic amines) is 1. The summed E-state index contributed by atoms with van der Waals surface area (Å²) in [5.74, 6) is 1.05. The fraction of sp³-hybridized carbons (Fsp3) is 0.733. The van der Waals surface area contributed by atoms with Crippen molar-refractivity contribution in [1.29, 1.82) is 0 Å². The minimum Gasteiger partial charge on any atom is -0.324 e. The summed E-state index contributed by atoms with van der Waals surface area (Å²) in [6.45, 7) is 1.23. The summed E-state index contributed by atoms with van der Waals surface area (Å²) in [4.78, 5) is 18.1. The van der Waals surface area contributed by atoms with E-state index >= 15 is 0 Å². The van der Waals surface area contributed by atoms with E-state index in [0.29, 0.717) is 12.1 Å². The van der Waals surface area contributed by atoms with Gasteiger partial charge in [-0.25, -0.2) is 0 Å². The molecule has 1 saturated carbocycles. The molecule has 110 valence electrons. The first-order chi connectivity index (χ1) is 9.74. The first kappa shape index (κ1) is 14.1. The lowest BCUT2D eigenvalue weighted by Gasteiger charge is -2.32. The minimum absolute atomic E-state index is 0.112. The molecule has 4 nitrogen and oxygen atoms in total. The standard InChI is InChI=1S/C15H23N3OS/c1-17-9-3-2-4-12(17)8-11-20-15-16-14(19)7-10-18(15)13-5-6-13/h7,10,12-13H,2-6,8-9,11H2,1H3/t12-/m0/s1. The Morgan fingerprint density at radius 3 is 2.95 bits per heavy atom. The van der Waals surface area contributed by atoms with Crippen LogP contribution in [0.2, 0.25) is 0 Å². The van der Waals surface area contributed by atoms with Gasteiger partial charge < -0.3 is 9.47 Å². The SMILES string of the molecule is CN1CCCC[C@H]1CCSc1nc(=O)ccn1C1CC1. The molecule has 1 aliphatic carbocycles. The van der Waals surface area contributed by atoms with E-state index in [-0.39, 0.29) is 5.56 Å². The molecular formula is C15H23N3OS. The summed E-state index contributed by atoms with van der Waals surface area (Å²) in [6, 6.07) is 2.88. The van der Waals surface area contributed by atoms with Crippen LogP contribution in [0.4, 0.5) is 0 Å². The second-order valence-electron chi connectivity index (χ2n) is 5.95. The molecule has 0 aromatic carbocycles. The summed E-state index contributed by atoms with van der Waals surface area (Å²) in [7, 11) is 2.23. The lowest BCUT2D eigenvalue weighted by molar-refractivity contribution is 0.182. The summed E-state index contributed by atoms with van der Waals surface area (Å²) in [6.07, 6.45) is 9.57. The van der Waals surface area contributed by atoms with Crippen LogP contribution in [-0.4, -0.2) is 39.8 Å². The Bertz CT molecular complexity index is 512. The fourth-order valence-electron chi connectivity index (χ4n) is 2.93. The van der Waals surface area contributed by atoms with E-state index in [9.17, 15) is 4.79 Å². The maximum absolute atomic E-state index is 11.5. The maximum Gasteiger partial charge on any atom is 0.273 e. The van der Waals surface area contributed by atoms with Crippen LogP contribution >= 0.6 is 11.8 Å². The quantitative estimate of drug-likeness (QED) is 0.618. The second kappa shape index (κ2) is 6.31. The van der Waals surface area contributed by atoms with Gasteiger partial charge >= 0.3 is 0 Å². The predicted octanol–water partition coefficient (Wildman–Crippen LogP) is 2.54. The lowest BCUT2D eigenvalue weighted by atomic mass is 10.0. The molecule has 1 saturated heterocycles. The Morgan fingerprint density at radius 1 is 1.35 bits per heavy atom. The van der Waals surface area contributed by atoms with Crippen molar-refractivity contribution < 1.29 is 0 Å². The van der Waals surface area contributed by atoms with Crippen LogP contribution in [0, 0.1) is 0 Å². The third kappa shape index (κ3) is 3.44. The zero-order valence-electron chi connectivity index (χ0n) is 12.1. The Balaban J connectivity index is 1.57. The molecule has 0 amide bonds. The summed E-state index contributed by atoms with van der Waals surface area (Å²) in [5.41, 5.74) is -0.112. The number of aromatic nitrogens is 2. The average Bonchev–Trinajstić information content (AvgIpc) is 3.26. The van der Waals surface area contributed by atoms with Crippen LogP contribution in [0.25, 0.3) is 0 Å². The number of rotatable bonds is 5. The fourth-order valence-corrected chi connectivity index (χ4v) is 4.02. The zero-order chi connectivity index (χ0) is 13.9. The summed E-state index contributed by atoms with van der Waals surface area (Å²) in [5, 5.41) is 0.915. The molecule has 3 rings (SSSR count). The van der Waals surface area contributed by atoms with Crippen molar-refractivity contribution >= 4 is 11.8 Å². The molecule has 1 aliphatic heterocycles. The van der Waals surface area contributed by atoms with Gasteiger partial charge in [0, 0.05) is 30.1 Å². The van der Waals surface area contributed by atoms with Gasteiger partial charge in [0.05, 0.1) is 0 Å². The molecule has 0 bridgehead atoms. The molecule has 2 aliphatic rings. The third-order valence-electron chi connectivity index (χ3n) is 4.35. The molecule has 0 spiro atoms. The molecule has 2 fully saturated rings. The lowest BCUT2D eigenvalue weighted by Crippen LogP contribution is -2.36. The first-order valence-electron chi connectivity index (χ1n) is 7.66. The molecule has 5 heteroatoms. The normalized spacial score (nSPS) is 23.9. The molecule has 20 heavy (non-hydrogen) atoms. The Morgan fingerprint density at radius 2 is 2.20 bits per heavy atom. The third-order valence-corrected chi connectivity index (χ3v) is 5.35. The van der Waals surface area contributed by atoms with Gasteiger partial charge in [-0.1, -0.05) is 18.2 Å². The Labute approximate surface area is 124 Å². The largest absolute Gasteiger partial charge is 0.324 e. The van der Waals surface area contributed by atoms with Gasteiger partial charge in [-0.2, -0.15) is 4.98 Å². The highest BCUT2D eigenvalue weighted by Crippen LogP contribution is 2.37. The van der Waals surface area contributed by atoms with Crippen molar-refractivity contribution in [2.45, 2.75) is 55.8 Å². The highest BCUT2D eigenvalue weighted by atomic mass is 32.2. The van der Waals surface area contributed by atoms with Crippen LogP contribution in [0.3, 0.4) is 0 Å². The van der Waals surface area contributed by atoms with Crippen LogP contribution in [0.15, 0.2) is 22.2 Å². The first-order valence-corrected chi connectivity index (χ1v) is 8.65. The van der Waals surface area contributed by atoms with E-state index in [1.807, 2.05) is 6.20 Å². The monoisotopic (exact) mass is 293 g/mol. The van der Waals surface area contributed by atoms with Gasteiger partial charge in [0.2, 0.25) is 0 Å². The molecule has 0 radical (unpaired) electrons. The van der Waals surface area contributed by atoms with Crippen molar-refractivity contribution in [3.8, 4) is 0 Å². The van der Waals surface area contributed by atoms with E-state index in [2.05, 4.69) is 21.5 Å². The van der Waals surface area contributed by atoms with Gasteiger partial charge in [-0.05, 0) is 45.7 Å². The Kier molecular flexibility index (Phi) is 4.46. The number of thioether (sulfide) groups is 1. The van der Waals surface area contributed by atoms with Crippen molar-refractivity contribution in [3.63, 3.8) is 0 Å². The molecule has 1 aromatic heterocycles. The van der Waals surface area contributed by atoms with Crippen molar-refractivity contribution in [3.05, 3.63) is 22.6 Å². The molecular weight excluding hydrogens is 270 g/mol. The molecule has 0 N–H and O–H groups in total. The predicted molar refractivity (Wildman–Crippen MR) is 82.4 cm³/mol. The molecule has 1 aromatic rings. The van der Waals surface area contributed by atoms with Gasteiger partial charge in [-0.15, -0.1) is 0 Å². The van der Waals surface area contributed by atoms with Crippen molar-refractivity contribution in [1.82, 2.24) is 14.5 Å². The highest BCUT2D eigenvalue weighted by molar-refractivity contribution is 7.99. The van der Waals surface area contributed by atoms with E-state index in [1.165, 1.54) is 45.1 Å². The van der Waals surface area contributed by atoms with Gasteiger partial charge in [-0.3, -0.25) is 4.79 Å². The van der Waals surface area contributed by atoms with Gasteiger partial charge in [0.15, 0.2) is 5.16 Å². The molecule has 0 unspecified atom stereocenters. The van der Waals surface area contributed by atoms with E-state index in [1.54, 1.807) is 17.8 Å².